The molecule has 0 fully saturated rings. The van der Waals surface area contributed by atoms with Crippen molar-refractivity contribution in [1.29, 1.82) is 0 Å². The van der Waals surface area contributed by atoms with Crippen molar-refractivity contribution in [3.63, 3.8) is 0 Å². The summed E-state index contributed by atoms with van der Waals surface area (Å²) in [6.07, 6.45) is 1.44. The first-order chi connectivity index (χ1) is 21.1. The maximum Gasteiger partial charge on any atom is 0.336 e. The van der Waals surface area contributed by atoms with Crippen LogP contribution in [0.1, 0.15) is 36.5 Å². The van der Waals surface area contributed by atoms with Gasteiger partial charge in [-0.2, -0.15) is 0 Å². The summed E-state index contributed by atoms with van der Waals surface area (Å²) in [5.41, 5.74) is 7.29. The Hall–Kier alpha value is -5.43. The number of carbonyl (C=O) groups excluding carboxylic acids is 3. The number of nitrogens with one attached hydrogen (secondary N) is 4. The van der Waals surface area contributed by atoms with Gasteiger partial charge in [-0.3, -0.25) is 14.4 Å². The van der Waals surface area contributed by atoms with Crippen LogP contribution in [0.2, 0.25) is 0 Å². The summed E-state index contributed by atoms with van der Waals surface area (Å²) in [5.74, 6) is -1.80. The van der Waals surface area contributed by atoms with E-state index in [1.807, 2.05) is 0 Å². The van der Waals surface area contributed by atoms with Crippen molar-refractivity contribution < 1.29 is 33.8 Å². The topological polar surface area (TPSA) is 213 Å². The Labute approximate surface area is 251 Å². The Bertz CT molecular complexity index is 1730. The van der Waals surface area contributed by atoms with Crippen LogP contribution in [0.5, 0.6) is 5.75 Å². The number of unbranched alkanes of at least 4 members (excludes halogenated alkanes) is 1. The number of rotatable bonds is 12. The van der Waals surface area contributed by atoms with Gasteiger partial charge < -0.3 is 41.6 Å². The van der Waals surface area contributed by atoms with E-state index >= 15 is 0 Å². The zero-order valence-corrected chi connectivity index (χ0v) is 23.9. The minimum Gasteiger partial charge on any atom is -0.508 e. The van der Waals surface area contributed by atoms with Gasteiger partial charge in [0.25, 0.3) is 0 Å². The molecule has 0 bridgehead atoms. The fraction of sp³-hybridized carbons (Fsp3) is 0.258. The number of hydrogen-bond acceptors (Lipinski definition) is 8. The average Bonchev–Trinajstić information content (AvgIpc) is 2.98. The molecule has 4 amide bonds. The summed E-state index contributed by atoms with van der Waals surface area (Å²) < 4.78 is 5.84. The lowest BCUT2D eigenvalue weighted by molar-refractivity contribution is -0.126. The number of phenols is 1. The molecule has 1 atom stereocenters. The molecule has 2 aliphatic rings. The Balaban J connectivity index is 1.41. The van der Waals surface area contributed by atoms with Crippen molar-refractivity contribution in [2.24, 2.45) is 5.73 Å². The highest BCUT2D eigenvalue weighted by Gasteiger charge is 2.22. The quantitative estimate of drug-likeness (QED) is 0.0935. The van der Waals surface area contributed by atoms with Crippen LogP contribution in [-0.4, -0.2) is 59.7 Å². The second-order valence-corrected chi connectivity index (χ2v) is 10.0. The molecule has 230 valence electrons. The third-order valence-corrected chi connectivity index (χ3v) is 6.82. The van der Waals surface area contributed by atoms with Gasteiger partial charge in [-0.1, -0.05) is 6.07 Å². The smallest absolute Gasteiger partial charge is 0.336 e. The molecule has 2 aromatic rings. The molecule has 1 aliphatic heterocycles. The van der Waals surface area contributed by atoms with Crippen LogP contribution in [0.4, 0.5) is 10.5 Å². The molecule has 44 heavy (non-hydrogen) atoms. The maximum atomic E-state index is 12.5. The number of aromatic carboxylic acids is 1. The third kappa shape index (κ3) is 7.69. The summed E-state index contributed by atoms with van der Waals surface area (Å²) in [6, 6.07) is 11.8. The minimum absolute atomic E-state index is 0.0598. The van der Waals surface area contributed by atoms with Gasteiger partial charge >= 0.3 is 12.0 Å². The van der Waals surface area contributed by atoms with Crippen molar-refractivity contribution in [3.05, 3.63) is 70.4 Å². The Morgan fingerprint density at radius 2 is 1.70 bits per heavy atom. The lowest BCUT2D eigenvalue weighted by Gasteiger charge is -2.17. The van der Waals surface area contributed by atoms with Crippen molar-refractivity contribution in [1.82, 2.24) is 16.0 Å². The molecule has 1 aliphatic carbocycles. The minimum atomic E-state index is -1.24. The van der Waals surface area contributed by atoms with E-state index in [1.54, 1.807) is 31.2 Å². The van der Waals surface area contributed by atoms with E-state index in [9.17, 15) is 34.2 Å². The Morgan fingerprint density at radius 3 is 2.45 bits per heavy atom. The molecule has 1 heterocycles. The van der Waals surface area contributed by atoms with Gasteiger partial charge in [-0.25, -0.2) is 9.59 Å². The highest BCUT2D eigenvalue weighted by molar-refractivity contribution is 6.08. The van der Waals surface area contributed by atoms with Crippen LogP contribution in [-0.2, 0) is 9.59 Å². The highest BCUT2D eigenvalue weighted by Crippen LogP contribution is 2.42. The molecule has 0 spiro atoms. The average molecular weight is 604 g/mol. The predicted octanol–water partition coefficient (Wildman–Crippen LogP) is 2.84. The monoisotopic (exact) mass is 603 g/mol. The number of benzene rings is 3. The zero-order chi connectivity index (χ0) is 31.8. The lowest BCUT2D eigenvalue weighted by Crippen LogP contribution is -2.44. The number of fused-ring (bicyclic) bond motifs is 2. The van der Waals surface area contributed by atoms with Crippen LogP contribution < -0.4 is 32.4 Å². The van der Waals surface area contributed by atoms with Crippen LogP contribution >= 0.6 is 0 Å². The normalized spacial score (nSPS) is 11.6. The molecule has 13 heteroatoms. The summed E-state index contributed by atoms with van der Waals surface area (Å²) >= 11 is 0. The molecule has 2 aromatic carbocycles. The number of anilines is 1. The first-order valence-electron chi connectivity index (χ1n) is 14.0. The Morgan fingerprint density at radius 1 is 0.932 bits per heavy atom. The number of aromatic hydroxyl groups is 1. The van der Waals surface area contributed by atoms with Crippen LogP contribution in [0.25, 0.3) is 33.4 Å². The number of carboxylic acid groups (broad SMARTS) is 1. The molecule has 13 nitrogen and oxygen atoms in total. The molecule has 0 saturated heterocycles. The largest absolute Gasteiger partial charge is 0.508 e. The van der Waals surface area contributed by atoms with Crippen LogP contribution in [0.15, 0.2) is 63.8 Å². The van der Waals surface area contributed by atoms with Gasteiger partial charge in [-0.15, -0.1) is 0 Å². The van der Waals surface area contributed by atoms with E-state index in [-0.39, 0.29) is 52.8 Å². The summed E-state index contributed by atoms with van der Waals surface area (Å²) in [4.78, 5) is 60.3. The Kier molecular flexibility index (Phi) is 10.1. The van der Waals surface area contributed by atoms with E-state index in [0.29, 0.717) is 47.9 Å². The molecule has 0 saturated carbocycles. The number of urea groups is 1. The third-order valence-electron chi connectivity index (χ3n) is 6.82. The number of carbonyl (C=O) groups is 4. The molecular formula is C31H33N5O8. The first kappa shape index (κ1) is 31.5. The van der Waals surface area contributed by atoms with E-state index in [4.69, 9.17) is 10.2 Å². The molecule has 8 N–H and O–H groups in total. The van der Waals surface area contributed by atoms with Crippen molar-refractivity contribution in [3.8, 4) is 28.2 Å². The van der Waals surface area contributed by atoms with Gasteiger partial charge in [-0.05, 0) is 68.1 Å². The molecule has 0 aromatic heterocycles. The molecule has 0 radical (unpaired) electrons. The SMILES string of the molecule is CCNC(=O)CNC(=O)[C@H](N)CCCCNC(=O)Nc1ccc(-c2c3ccc(=O)cc-3oc3cc(O)ccc23)c(C(=O)O)c1. The molecule has 0 unspecified atom stereocenters. The summed E-state index contributed by atoms with van der Waals surface area (Å²) in [7, 11) is 0. The standard InChI is InChI=1S/C31H33N5O8/c1-2-33-27(39)16-35-29(40)24(32)5-3-4-12-34-31(43)36-17-6-9-20(23(13-17)30(41)42)28-21-10-7-18(37)14-25(21)44-26-15-19(38)8-11-22(26)28/h6-11,13-15,24,37H,2-5,12,16,32H2,1H3,(H,33,39)(H,35,40)(H,41,42)(H2,34,36,43)/t24-/m1/s1. The number of likely N-dealkylation sites (N-methyl/N-ethyl adjacent to an activating group) is 1. The number of phenolic OH excluding ortho intramolecular Hbond substituents is 1. The molecule has 4 rings (SSSR count). The van der Waals surface area contributed by atoms with Gasteiger partial charge in [0, 0.05) is 47.4 Å². The fourth-order valence-electron chi connectivity index (χ4n) is 4.72. The summed E-state index contributed by atoms with van der Waals surface area (Å²) in [6.45, 7) is 2.37. The number of amides is 4. The van der Waals surface area contributed by atoms with Gasteiger partial charge in [0.15, 0.2) is 5.43 Å². The second kappa shape index (κ2) is 14.2. The number of hydrogen-bond donors (Lipinski definition) is 7. The van der Waals surface area contributed by atoms with E-state index in [2.05, 4.69) is 21.3 Å². The van der Waals surface area contributed by atoms with Crippen molar-refractivity contribution >= 4 is 40.5 Å². The van der Waals surface area contributed by atoms with Gasteiger partial charge in [0.2, 0.25) is 11.8 Å². The van der Waals surface area contributed by atoms with Crippen molar-refractivity contribution in [2.75, 3.05) is 25.0 Å². The first-order valence-corrected chi connectivity index (χ1v) is 14.0. The van der Waals surface area contributed by atoms with Crippen molar-refractivity contribution in [2.45, 2.75) is 32.2 Å². The van der Waals surface area contributed by atoms with E-state index < -0.39 is 23.9 Å². The maximum absolute atomic E-state index is 12.5. The highest BCUT2D eigenvalue weighted by atomic mass is 16.4. The summed E-state index contributed by atoms with van der Waals surface area (Å²) in [5, 5.41) is 30.9. The van der Waals surface area contributed by atoms with Crippen LogP contribution in [0.3, 0.4) is 0 Å². The van der Waals surface area contributed by atoms with E-state index in [0.717, 1.165) is 0 Å². The molecular weight excluding hydrogens is 570 g/mol. The number of carboxylic acids is 1. The zero-order valence-electron chi connectivity index (χ0n) is 23.9. The fourth-order valence-corrected chi connectivity index (χ4v) is 4.72. The van der Waals surface area contributed by atoms with Crippen LogP contribution in [0, 0.1) is 0 Å². The second-order valence-electron chi connectivity index (χ2n) is 10.0. The van der Waals surface area contributed by atoms with E-state index in [1.165, 1.54) is 30.3 Å². The number of nitrogens with two attached hydrogens (primary N) is 1. The van der Waals surface area contributed by atoms with Gasteiger partial charge in [0.05, 0.1) is 18.2 Å². The predicted molar refractivity (Wildman–Crippen MR) is 164 cm³/mol. The van der Waals surface area contributed by atoms with Gasteiger partial charge in [0.1, 0.15) is 17.1 Å². The lowest BCUT2D eigenvalue weighted by atomic mass is 9.90.